The molecule has 2 aliphatic rings. The number of carbonyl (C=O) groups excluding carboxylic acids is 2. The van der Waals surface area contributed by atoms with Crippen molar-refractivity contribution in [1.29, 1.82) is 0 Å². The molecular formula is C29H29F9N2O4. The highest BCUT2D eigenvalue weighted by Gasteiger charge is 2.46. The van der Waals surface area contributed by atoms with Gasteiger partial charge in [-0.05, 0) is 79.1 Å². The first-order valence-corrected chi connectivity index (χ1v) is 13.9. The van der Waals surface area contributed by atoms with Crippen molar-refractivity contribution in [2.45, 2.75) is 76.1 Å². The summed E-state index contributed by atoms with van der Waals surface area (Å²) in [6.45, 7) is 1.39. The third kappa shape index (κ3) is 8.08. The quantitative estimate of drug-likeness (QED) is 0.232. The minimum atomic E-state index is -5.05. The van der Waals surface area contributed by atoms with Gasteiger partial charge in [-0.1, -0.05) is 13.3 Å². The van der Waals surface area contributed by atoms with Crippen molar-refractivity contribution in [3.8, 4) is 0 Å². The van der Waals surface area contributed by atoms with E-state index in [1.54, 1.807) is 0 Å². The Balaban J connectivity index is 1.53. The fourth-order valence-electron chi connectivity index (χ4n) is 5.12. The molecule has 2 aromatic rings. The van der Waals surface area contributed by atoms with Gasteiger partial charge in [-0.3, -0.25) is 4.90 Å². The number of halogens is 9. The van der Waals surface area contributed by atoms with Crippen molar-refractivity contribution in [3.05, 3.63) is 64.2 Å². The van der Waals surface area contributed by atoms with E-state index < -0.39 is 72.5 Å². The topological polar surface area (TPSA) is 67.9 Å². The van der Waals surface area contributed by atoms with Crippen molar-refractivity contribution < 1.29 is 58.6 Å². The smallest absolute Gasteiger partial charge is 0.416 e. The maximum absolute atomic E-state index is 13.6. The molecule has 0 spiro atoms. The molecule has 15 heteroatoms. The highest BCUT2D eigenvalue weighted by atomic mass is 19.4. The second kappa shape index (κ2) is 12.8. The van der Waals surface area contributed by atoms with Crippen LogP contribution in [0.4, 0.5) is 54.8 Å². The minimum absolute atomic E-state index is 0.00762. The molecule has 2 amide bonds. The van der Waals surface area contributed by atoms with Crippen molar-refractivity contribution in [2.24, 2.45) is 5.92 Å². The minimum Gasteiger partial charge on any atom is -0.449 e. The zero-order valence-corrected chi connectivity index (χ0v) is 23.3. The number of benzene rings is 2. The Hall–Kier alpha value is -3.65. The summed E-state index contributed by atoms with van der Waals surface area (Å²) in [5, 5.41) is 2.47. The van der Waals surface area contributed by atoms with Crippen LogP contribution >= 0.6 is 0 Å². The Morgan fingerprint density at radius 1 is 0.841 bits per heavy atom. The fourth-order valence-corrected chi connectivity index (χ4v) is 5.12. The van der Waals surface area contributed by atoms with Crippen LogP contribution in [0.15, 0.2) is 36.4 Å². The summed E-state index contributed by atoms with van der Waals surface area (Å²) in [6.07, 6.45) is -14.4. The molecule has 2 atom stereocenters. The Morgan fingerprint density at radius 2 is 1.45 bits per heavy atom. The van der Waals surface area contributed by atoms with E-state index in [2.05, 4.69) is 5.32 Å². The molecule has 2 aromatic carbocycles. The average molecular weight is 641 g/mol. The number of hydrogen-bond acceptors (Lipinski definition) is 4. The lowest BCUT2D eigenvalue weighted by molar-refractivity contribution is -0.143. The molecule has 1 N–H and O–H groups in total. The summed E-state index contributed by atoms with van der Waals surface area (Å²) in [7, 11) is 0. The molecule has 0 saturated heterocycles. The van der Waals surface area contributed by atoms with Gasteiger partial charge in [0.05, 0.1) is 41.6 Å². The summed E-state index contributed by atoms with van der Waals surface area (Å²) in [5.41, 5.74) is -4.34. The van der Waals surface area contributed by atoms with Gasteiger partial charge < -0.3 is 14.8 Å². The first-order chi connectivity index (χ1) is 20.5. The monoisotopic (exact) mass is 640 g/mol. The zero-order chi connectivity index (χ0) is 32.4. The number of ether oxygens (including phenoxy) is 2. The first-order valence-electron chi connectivity index (χ1n) is 13.9. The molecule has 44 heavy (non-hydrogen) atoms. The maximum atomic E-state index is 13.6. The molecule has 6 nitrogen and oxygen atoms in total. The maximum Gasteiger partial charge on any atom is 0.416 e. The van der Waals surface area contributed by atoms with E-state index in [0.717, 1.165) is 37.5 Å². The van der Waals surface area contributed by atoms with Crippen LogP contribution in [-0.4, -0.2) is 31.4 Å². The lowest BCUT2D eigenvalue weighted by atomic mass is 9.88. The molecule has 1 heterocycles. The number of alkyl halides is 9. The molecule has 0 bridgehead atoms. The van der Waals surface area contributed by atoms with Crippen LogP contribution in [-0.2, 0) is 34.4 Å². The van der Waals surface area contributed by atoms with E-state index >= 15 is 0 Å². The standard InChI is InChI=1S/C29H29F9N2O4/c1-2-3-9-44-26(42)40-23-7-6-18(27(30,31)32)14-21(23)22(15-24(40)17-4-5-17)39-25(41)43-10-8-16-11-19(28(33,34)35)13-20(12-16)29(36,37)38/h6-7,11-14,17,22,24H,2-5,8-10,15H2,1H3,(H,39,41)/t22-,24-/m0/s1. The van der Waals surface area contributed by atoms with Crippen LogP contribution in [0.2, 0.25) is 0 Å². The number of unbranched alkanes of at least 4 members (excludes halogenated alkanes) is 1. The van der Waals surface area contributed by atoms with Gasteiger partial charge in [-0.15, -0.1) is 0 Å². The highest BCUT2D eigenvalue weighted by molar-refractivity contribution is 5.91. The predicted molar refractivity (Wildman–Crippen MR) is 139 cm³/mol. The number of amides is 2. The number of alkyl carbamates (subject to hydrolysis) is 1. The predicted octanol–water partition coefficient (Wildman–Crippen LogP) is 8.68. The van der Waals surface area contributed by atoms with Crippen LogP contribution in [0.5, 0.6) is 0 Å². The van der Waals surface area contributed by atoms with Crippen molar-refractivity contribution >= 4 is 17.9 Å². The van der Waals surface area contributed by atoms with Gasteiger partial charge in [-0.25, -0.2) is 9.59 Å². The lowest BCUT2D eigenvalue weighted by Crippen LogP contribution is -2.49. The number of carbonyl (C=O) groups is 2. The SMILES string of the molecule is CCCCOC(=O)N1c2ccc(C(F)(F)F)cc2[C@@H](NC(=O)OCCc2cc(C(F)(F)F)cc(C(F)(F)F)c2)C[C@H]1C1CC1. The van der Waals surface area contributed by atoms with Gasteiger partial charge in [0, 0.05) is 12.5 Å². The van der Waals surface area contributed by atoms with E-state index in [1.165, 1.54) is 4.90 Å². The lowest BCUT2D eigenvalue weighted by Gasteiger charge is -2.40. The van der Waals surface area contributed by atoms with Crippen LogP contribution < -0.4 is 10.2 Å². The van der Waals surface area contributed by atoms with Crippen molar-refractivity contribution in [3.63, 3.8) is 0 Å². The van der Waals surface area contributed by atoms with Gasteiger partial charge in [-0.2, -0.15) is 39.5 Å². The normalized spacial score (nSPS) is 18.9. The van der Waals surface area contributed by atoms with Crippen LogP contribution in [0.25, 0.3) is 0 Å². The fraction of sp³-hybridized carbons (Fsp3) is 0.517. The van der Waals surface area contributed by atoms with Crippen LogP contribution in [0.1, 0.15) is 72.9 Å². The van der Waals surface area contributed by atoms with Crippen molar-refractivity contribution in [1.82, 2.24) is 5.32 Å². The first kappa shape index (κ1) is 33.2. The third-order valence-electron chi connectivity index (χ3n) is 7.45. The van der Waals surface area contributed by atoms with Gasteiger partial charge in [0.25, 0.3) is 0 Å². The Morgan fingerprint density at radius 3 is 2.00 bits per heavy atom. The molecule has 1 aliphatic heterocycles. The molecule has 1 saturated carbocycles. The van der Waals surface area contributed by atoms with Gasteiger partial charge in [0.1, 0.15) is 0 Å². The highest BCUT2D eigenvalue weighted by Crippen LogP contribution is 2.48. The second-order valence-corrected chi connectivity index (χ2v) is 10.7. The zero-order valence-electron chi connectivity index (χ0n) is 23.3. The number of nitrogens with one attached hydrogen (secondary N) is 1. The Bertz CT molecular complexity index is 1320. The van der Waals surface area contributed by atoms with Gasteiger partial charge >= 0.3 is 30.7 Å². The van der Waals surface area contributed by atoms with Crippen LogP contribution in [0, 0.1) is 5.92 Å². The molecule has 0 aromatic heterocycles. The Kier molecular flexibility index (Phi) is 9.64. The van der Waals surface area contributed by atoms with E-state index in [9.17, 15) is 49.1 Å². The average Bonchev–Trinajstić information content (AvgIpc) is 3.76. The summed E-state index contributed by atoms with van der Waals surface area (Å²) in [4.78, 5) is 27.1. The molecule has 4 rings (SSSR count). The van der Waals surface area contributed by atoms with E-state index in [-0.39, 0.29) is 41.8 Å². The number of anilines is 1. The molecule has 0 unspecified atom stereocenters. The van der Waals surface area contributed by atoms with E-state index in [4.69, 9.17) is 9.47 Å². The van der Waals surface area contributed by atoms with Crippen molar-refractivity contribution in [2.75, 3.05) is 18.1 Å². The summed E-state index contributed by atoms with van der Waals surface area (Å²) in [6, 6.07) is 2.23. The van der Waals surface area contributed by atoms with Gasteiger partial charge in [0.2, 0.25) is 0 Å². The number of rotatable bonds is 8. The number of fused-ring (bicyclic) bond motifs is 1. The summed E-state index contributed by atoms with van der Waals surface area (Å²) in [5.74, 6) is 0.00762. The molecule has 242 valence electrons. The Labute approximate surface area is 246 Å². The number of hydrogen-bond donors (Lipinski definition) is 1. The molecule has 0 radical (unpaired) electrons. The van der Waals surface area contributed by atoms with E-state index in [1.807, 2.05) is 6.92 Å². The van der Waals surface area contributed by atoms with E-state index in [0.29, 0.717) is 18.6 Å². The van der Waals surface area contributed by atoms with Crippen LogP contribution in [0.3, 0.4) is 0 Å². The molecular weight excluding hydrogens is 611 g/mol. The summed E-state index contributed by atoms with van der Waals surface area (Å²) < 4.78 is 130. The largest absolute Gasteiger partial charge is 0.449 e. The third-order valence-corrected chi connectivity index (χ3v) is 7.45. The summed E-state index contributed by atoms with van der Waals surface area (Å²) >= 11 is 0. The number of nitrogens with zero attached hydrogens (tertiary/aromatic N) is 1. The molecule has 1 fully saturated rings. The van der Waals surface area contributed by atoms with Gasteiger partial charge in [0.15, 0.2) is 0 Å². The second-order valence-electron chi connectivity index (χ2n) is 10.7. The molecule has 1 aliphatic carbocycles.